The van der Waals surface area contributed by atoms with Crippen molar-refractivity contribution >= 4 is 16.9 Å². The molecule has 3 aromatic rings. The Hall–Kier alpha value is -2.90. The predicted octanol–water partition coefficient (Wildman–Crippen LogP) is 2.89. The molecule has 0 fully saturated rings. The van der Waals surface area contributed by atoms with Gasteiger partial charge in [0.2, 0.25) is 0 Å². The molecule has 0 atom stereocenters. The number of fused-ring (bicyclic) bond motifs is 2. The van der Waals surface area contributed by atoms with Crippen LogP contribution < -0.4 is 14.8 Å². The third-order valence-electron chi connectivity index (χ3n) is 3.23. The highest BCUT2D eigenvalue weighted by molar-refractivity contribution is 5.73. The number of halogens is 2. The van der Waals surface area contributed by atoms with Gasteiger partial charge in [0.25, 0.3) is 0 Å². The van der Waals surface area contributed by atoms with E-state index < -0.39 is 6.29 Å². The standard InChI is InChI=1S/C14H10F2N4O2/c15-14(16)21-11-2-1-8(3-12(11)22-14)5-17-9-4-10-13(18-6-9)20-7-19-10/h1-4,6-7,17H,5H2,(H,18,19,20). The van der Waals surface area contributed by atoms with Crippen LogP contribution in [-0.2, 0) is 6.54 Å². The highest BCUT2D eigenvalue weighted by Crippen LogP contribution is 2.41. The van der Waals surface area contributed by atoms with Crippen molar-refractivity contribution < 1.29 is 18.3 Å². The van der Waals surface area contributed by atoms with Crippen molar-refractivity contribution in [3.05, 3.63) is 42.4 Å². The van der Waals surface area contributed by atoms with Crippen molar-refractivity contribution in [1.82, 2.24) is 15.0 Å². The van der Waals surface area contributed by atoms with Gasteiger partial charge in [-0.3, -0.25) is 0 Å². The molecule has 0 aliphatic carbocycles. The largest absolute Gasteiger partial charge is 0.586 e. The van der Waals surface area contributed by atoms with Gasteiger partial charge in [0.15, 0.2) is 17.1 Å². The number of aromatic nitrogens is 3. The zero-order valence-electron chi connectivity index (χ0n) is 11.1. The van der Waals surface area contributed by atoms with Crippen LogP contribution in [0.5, 0.6) is 11.5 Å². The molecule has 0 saturated heterocycles. The second-order valence-corrected chi connectivity index (χ2v) is 4.80. The molecule has 0 radical (unpaired) electrons. The van der Waals surface area contributed by atoms with Crippen molar-refractivity contribution in [2.75, 3.05) is 5.32 Å². The summed E-state index contributed by atoms with van der Waals surface area (Å²) in [5.41, 5.74) is 3.01. The van der Waals surface area contributed by atoms with E-state index in [0.29, 0.717) is 12.2 Å². The van der Waals surface area contributed by atoms with E-state index in [1.807, 2.05) is 6.07 Å². The summed E-state index contributed by atoms with van der Waals surface area (Å²) in [5, 5.41) is 3.15. The number of nitrogens with one attached hydrogen (secondary N) is 2. The van der Waals surface area contributed by atoms with E-state index in [1.165, 1.54) is 12.1 Å². The van der Waals surface area contributed by atoms with Crippen molar-refractivity contribution in [2.45, 2.75) is 12.8 Å². The first-order chi connectivity index (χ1) is 10.6. The number of hydrogen-bond donors (Lipinski definition) is 2. The zero-order chi connectivity index (χ0) is 15.2. The lowest BCUT2D eigenvalue weighted by molar-refractivity contribution is -0.286. The second kappa shape index (κ2) is 4.55. The first kappa shape index (κ1) is 12.8. The maximum atomic E-state index is 13.0. The molecule has 0 spiro atoms. The van der Waals surface area contributed by atoms with Crippen LogP contribution >= 0.6 is 0 Å². The van der Waals surface area contributed by atoms with Gasteiger partial charge in [0.05, 0.1) is 18.2 Å². The molecular weight excluding hydrogens is 294 g/mol. The van der Waals surface area contributed by atoms with Gasteiger partial charge in [-0.1, -0.05) is 6.07 Å². The number of pyridine rings is 1. The number of anilines is 1. The average Bonchev–Trinajstić information content (AvgIpc) is 3.05. The van der Waals surface area contributed by atoms with E-state index in [0.717, 1.165) is 16.8 Å². The molecule has 8 heteroatoms. The van der Waals surface area contributed by atoms with E-state index in [2.05, 4.69) is 29.7 Å². The summed E-state index contributed by atoms with van der Waals surface area (Å²) in [6.45, 7) is 0.430. The van der Waals surface area contributed by atoms with E-state index in [4.69, 9.17) is 0 Å². The number of alkyl halides is 2. The van der Waals surface area contributed by atoms with Gasteiger partial charge in [0, 0.05) is 6.54 Å². The summed E-state index contributed by atoms with van der Waals surface area (Å²) >= 11 is 0. The lowest BCUT2D eigenvalue weighted by atomic mass is 10.2. The zero-order valence-corrected chi connectivity index (χ0v) is 11.1. The van der Waals surface area contributed by atoms with E-state index in [-0.39, 0.29) is 11.5 Å². The number of imidazole rings is 1. The van der Waals surface area contributed by atoms with E-state index in [9.17, 15) is 8.78 Å². The number of rotatable bonds is 3. The lowest BCUT2D eigenvalue weighted by Crippen LogP contribution is -2.25. The van der Waals surface area contributed by atoms with Crippen molar-refractivity contribution in [3.63, 3.8) is 0 Å². The Balaban J connectivity index is 1.50. The Labute approximate surface area is 123 Å². The molecule has 112 valence electrons. The summed E-state index contributed by atoms with van der Waals surface area (Å²) in [6, 6.07) is 6.52. The predicted molar refractivity (Wildman–Crippen MR) is 73.9 cm³/mol. The van der Waals surface area contributed by atoms with Gasteiger partial charge < -0.3 is 19.8 Å². The lowest BCUT2D eigenvalue weighted by Gasteiger charge is -2.06. The molecule has 22 heavy (non-hydrogen) atoms. The van der Waals surface area contributed by atoms with Crippen molar-refractivity contribution in [2.24, 2.45) is 0 Å². The topological polar surface area (TPSA) is 72.1 Å². The van der Waals surface area contributed by atoms with Gasteiger partial charge in [-0.15, -0.1) is 8.78 Å². The molecule has 0 unspecified atom stereocenters. The van der Waals surface area contributed by atoms with Crippen LogP contribution in [0.15, 0.2) is 36.8 Å². The number of nitrogens with zero attached hydrogens (tertiary/aromatic N) is 2. The molecule has 3 heterocycles. The fourth-order valence-corrected chi connectivity index (χ4v) is 2.23. The molecule has 2 aromatic heterocycles. The Kier molecular flexibility index (Phi) is 2.65. The molecule has 1 aromatic carbocycles. The maximum Gasteiger partial charge on any atom is 0.586 e. The van der Waals surface area contributed by atoms with Crippen molar-refractivity contribution in [3.8, 4) is 11.5 Å². The van der Waals surface area contributed by atoms with Crippen LogP contribution in [-0.4, -0.2) is 21.2 Å². The summed E-state index contributed by atoms with van der Waals surface area (Å²) < 4.78 is 34.7. The van der Waals surface area contributed by atoms with Gasteiger partial charge >= 0.3 is 6.29 Å². The fourth-order valence-electron chi connectivity index (χ4n) is 2.23. The Morgan fingerprint density at radius 2 is 2.00 bits per heavy atom. The summed E-state index contributed by atoms with van der Waals surface area (Å²) in [6.07, 6.45) is -0.357. The van der Waals surface area contributed by atoms with Gasteiger partial charge in [-0.05, 0) is 23.8 Å². The smallest absolute Gasteiger partial charge is 0.395 e. The van der Waals surface area contributed by atoms with Crippen LogP contribution in [0.1, 0.15) is 5.56 Å². The third kappa shape index (κ3) is 2.28. The first-order valence-corrected chi connectivity index (χ1v) is 6.51. The average molecular weight is 304 g/mol. The molecule has 2 N–H and O–H groups in total. The number of ether oxygens (including phenoxy) is 2. The van der Waals surface area contributed by atoms with Crippen LogP contribution in [0.3, 0.4) is 0 Å². The van der Waals surface area contributed by atoms with Crippen LogP contribution in [0.2, 0.25) is 0 Å². The Morgan fingerprint density at radius 3 is 2.91 bits per heavy atom. The highest BCUT2D eigenvalue weighted by Gasteiger charge is 2.43. The molecule has 1 aliphatic rings. The Bertz CT molecular complexity index is 850. The third-order valence-corrected chi connectivity index (χ3v) is 3.23. The van der Waals surface area contributed by atoms with Gasteiger partial charge in [-0.2, -0.15) is 0 Å². The van der Waals surface area contributed by atoms with Gasteiger partial charge in [0.1, 0.15) is 5.52 Å². The van der Waals surface area contributed by atoms with Crippen molar-refractivity contribution in [1.29, 1.82) is 0 Å². The first-order valence-electron chi connectivity index (χ1n) is 6.51. The summed E-state index contributed by atoms with van der Waals surface area (Å²) in [4.78, 5) is 11.2. The van der Waals surface area contributed by atoms with Crippen LogP contribution in [0, 0.1) is 0 Å². The molecule has 4 rings (SSSR count). The minimum absolute atomic E-state index is 0.0326. The number of benzene rings is 1. The van der Waals surface area contributed by atoms with Crippen LogP contribution in [0.25, 0.3) is 11.2 Å². The van der Waals surface area contributed by atoms with Gasteiger partial charge in [-0.25, -0.2) is 9.97 Å². The SMILES string of the molecule is FC1(F)Oc2ccc(CNc3cnc4[nH]cnc4c3)cc2O1. The second-order valence-electron chi connectivity index (χ2n) is 4.80. The maximum absolute atomic E-state index is 13.0. The monoisotopic (exact) mass is 304 g/mol. The number of hydrogen-bond acceptors (Lipinski definition) is 5. The normalized spacial score (nSPS) is 15.2. The summed E-state index contributed by atoms with van der Waals surface area (Å²) in [5.74, 6) is 0.0681. The molecule has 6 nitrogen and oxygen atoms in total. The van der Waals surface area contributed by atoms with E-state index >= 15 is 0 Å². The number of aromatic amines is 1. The molecule has 1 aliphatic heterocycles. The molecule has 0 saturated carbocycles. The molecular formula is C14H10F2N4O2. The fraction of sp³-hybridized carbons (Fsp3) is 0.143. The quantitative estimate of drug-likeness (QED) is 0.778. The van der Waals surface area contributed by atoms with Crippen LogP contribution in [0.4, 0.5) is 14.5 Å². The minimum atomic E-state index is -3.59. The summed E-state index contributed by atoms with van der Waals surface area (Å²) in [7, 11) is 0. The molecule has 0 bridgehead atoms. The minimum Gasteiger partial charge on any atom is -0.395 e. The molecule has 0 amide bonds. The van der Waals surface area contributed by atoms with E-state index in [1.54, 1.807) is 18.6 Å². The Morgan fingerprint density at radius 1 is 1.14 bits per heavy atom. The number of H-pyrrole nitrogens is 1. The highest BCUT2D eigenvalue weighted by atomic mass is 19.3.